The van der Waals surface area contributed by atoms with Crippen LogP contribution in [0.3, 0.4) is 0 Å². The van der Waals surface area contributed by atoms with Crippen molar-refractivity contribution in [3.8, 4) is 0 Å². The van der Waals surface area contributed by atoms with Gasteiger partial charge in [0.2, 0.25) is 0 Å². The minimum absolute atomic E-state index is 0.000648. The standard InChI is InChI=1S/C14H15NO2/c1-3-12(17-2)14(16)11-8-4-6-10-7-5-9-15-13(10)11/h4-9,12H,3H2,1-2H3. The number of fused-ring (bicyclic) bond motifs is 1. The number of carbonyl (C=O) groups excluding carboxylic acids is 1. The van der Waals surface area contributed by atoms with Gasteiger partial charge in [-0.3, -0.25) is 9.78 Å². The molecular formula is C14H15NO2. The molecule has 0 radical (unpaired) electrons. The third-order valence-electron chi connectivity index (χ3n) is 2.85. The molecule has 0 saturated heterocycles. The van der Waals surface area contributed by atoms with E-state index in [-0.39, 0.29) is 11.9 Å². The number of carbonyl (C=O) groups is 1. The second-order valence-electron chi connectivity index (χ2n) is 3.88. The van der Waals surface area contributed by atoms with Crippen molar-refractivity contribution in [3.63, 3.8) is 0 Å². The van der Waals surface area contributed by atoms with Gasteiger partial charge in [0.05, 0.1) is 5.52 Å². The molecule has 17 heavy (non-hydrogen) atoms. The first kappa shape index (κ1) is 11.7. The molecule has 3 nitrogen and oxygen atoms in total. The van der Waals surface area contributed by atoms with Crippen LogP contribution in [0.2, 0.25) is 0 Å². The number of methoxy groups -OCH3 is 1. The number of hydrogen-bond donors (Lipinski definition) is 0. The Labute approximate surface area is 100 Å². The number of ether oxygens (including phenoxy) is 1. The number of rotatable bonds is 4. The third kappa shape index (κ3) is 2.19. The Morgan fingerprint density at radius 3 is 2.82 bits per heavy atom. The maximum absolute atomic E-state index is 12.3. The molecule has 2 rings (SSSR count). The number of nitrogens with zero attached hydrogens (tertiary/aromatic N) is 1. The minimum Gasteiger partial charge on any atom is -0.373 e. The SMILES string of the molecule is CCC(OC)C(=O)c1cccc2cccnc12. The average Bonchev–Trinajstić information content (AvgIpc) is 2.39. The summed E-state index contributed by atoms with van der Waals surface area (Å²) >= 11 is 0. The molecule has 88 valence electrons. The zero-order valence-electron chi connectivity index (χ0n) is 10.0. The first-order valence-corrected chi connectivity index (χ1v) is 5.68. The Balaban J connectivity index is 2.52. The minimum atomic E-state index is -0.386. The van der Waals surface area contributed by atoms with Gasteiger partial charge < -0.3 is 4.74 Å². The predicted octanol–water partition coefficient (Wildman–Crippen LogP) is 2.84. The molecule has 1 unspecified atom stereocenters. The van der Waals surface area contributed by atoms with Gasteiger partial charge in [0, 0.05) is 24.3 Å². The zero-order valence-corrected chi connectivity index (χ0v) is 10.0. The summed E-state index contributed by atoms with van der Waals surface area (Å²) in [6.07, 6.45) is 1.98. The molecule has 2 aromatic rings. The first-order chi connectivity index (χ1) is 8.27. The van der Waals surface area contributed by atoms with Crippen molar-refractivity contribution in [2.75, 3.05) is 7.11 Å². The van der Waals surface area contributed by atoms with E-state index in [0.717, 1.165) is 10.9 Å². The average molecular weight is 229 g/mol. The Morgan fingerprint density at radius 1 is 1.35 bits per heavy atom. The van der Waals surface area contributed by atoms with E-state index in [1.54, 1.807) is 19.4 Å². The van der Waals surface area contributed by atoms with E-state index in [1.807, 2.05) is 31.2 Å². The summed E-state index contributed by atoms with van der Waals surface area (Å²) in [4.78, 5) is 16.5. The van der Waals surface area contributed by atoms with Crippen LogP contribution < -0.4 is 0 Å². The van der Waals surface area contributed by atoms with Crippen LogP contribution in [0.1, 0.15) is 23.7 Å². The number of ketones is 1. The molecule has 0 amide bonds. The Morgan fingerprint density at radius 2 is 2.12 bits per heavy atom. The van der Waals surface area contributed by atoms with Crippen molar-refractivity contribution in [3.05, 3.63) is 42.1 Å². The largest absolute Gasteiger partial charge is 0.373 e. The number of pyridine rings is 1. The van der Waals surface area contributed by atoms with Crippen LogP contribution in [0.25, 0.3) is 10.9 Å². The third-order valence-corrected chi connectivity index (χ3v) is 2.85. The van der Waals surface area contributed by atoms with Crippen LogP contribution >= 0.6 is 0 Å². The molecule has 1 atom stereocenters. The molecule has 0 spiro atoms. The number of aromatic nitrogens is 1. The number of hydrogen-bond acceptors (Lipinski definition) is 3. The van der Waals surface area contributed by atoms with E-state index in [1.165, 1.54) is 0 Å². The summed E-state index contributed by atoms with van der Waals surface area (Å²) in [7, 11) is 1.56. The van der Waals surface area contributed by atoms with Gasteiger partial charge in [-0.2, -0.15) is 0 Å². The van der Waals surface area contributed by atoms with Crippen LogP contribution in [-0.2, 0) is 4.74 Å². The smallest absolute Gasteiger partial charge is 0.193 e. The first-order valence-electron chi connectivity index (χ1n) is 5.68. The molecule has 0 aliphatic heterocycles. The Hall–Kier alpha value is -1.74. The number of Topliss-reactive ketones (excluding diaryl/α,β-unsaturated/α-hetero) is 1. The lowest BCUT2D eigenvalue weighted by Gasteiger charge is -2.12. The van der Waals surface area contributed by atoms with Crippen LogP contribution in [0.4, 0.5) is 0 Å². The van der Waals surface area contributed by atoms with Gasteiger partial charge in [-0.1, -0.05) is 25.1 Å². The molecule has 0 fully saturated rings. The molecule has 0 N–H and O–H groups in total. The highest BCUT2D eigenvalue weighted by Crippen LogP contribution is 2.18. The van der Waals surface area contributed by atoms with E-state index in [9.17, 15) is 4.79 Å². The van der Waals surface area contributed by atoms with E-state index >= 15 is 0 Å². The fraction of sp³-hybridized carbons (Fsp3) is 0.286. The maximum atomic E-state index is 12.3. The van der Waals surface area contributed by atoms with Crippen molar-refractivity contribution in [1.29, 1.82) is 0 Å². The molecule has 1 aromatic heterocycles. The van der Waals surface area contributed by atoms with E-state index in [0.29, 0.717) is 12.0 Å². The lowest BCUT2D eigenvalue weighted by molar-refractivity contribution is 0.0597. The van der Waals surface area contributed by atoms with Gasteiger partial charge in [-0.05, 0) is 18.6 Å². The fourth-order valence-electron chi connectivity index (χ4n) is 1.94. The summed E-state index contributed by atoms with van der Waals surface area (Å²) in [5.41, 5.74) is 1.38. The second kappa shape index (κ2) is 5.06. The number of benzene rings is 1. The van der Waals surface area contributed by atoms with Gasteiger partial charge in [0.1, 0.15) is 6.10 Å². The maximum Gasteiger partial charge on any atom is 0.193 e. The topological polar surface area (TPSA) is 39.2 Å². The molecule has 0 aliphatic rings. The van der Waals surface area contributed by atoms with Crippen molar-refractivity contribution in [2.24, 2.45) is 0 Å². The van der Waals surface area contributed by atoms with Gasteiger partial charge in [-0.15, -0.1) is 0 Å². The van der Waals surface area contributed by atoms with Gasteiger partial charge in [-0.25, -0.2) is 0 Å². The summed E-state index contributed by atoms with van der Waals surface area (Å²) in [5.74, 6) is -0.000648. The van der Waals surface area contributed by atoms with Crippen molar-refractivity contribution in [2.45, 2.75) is 19.4 Å². The summed E-state index contributed by atoms with van der Waals surface area (Å²) < 4.78 is 5.19. The molecule has 1 aromatic carbocycles. The van der Waals surface area contributed by atoms with Crippen LogP contribution in [-0.4, -0.2) is 24.0 Å². The summed E-state index contributed by atoms with van der Waals surface area (Å²) in [5, 5.41) is 0.976. The summed E-state index contributed by atoms with van der Waals surface area (Å²) in [6, 6.07) is 9.45. The van der Waals surface area contributed by atoms with E-state index in [4.69, 9.17) is 4.74 Å². The molecule has 1 heterocycles. The van der Waals surface area contributed by atoms with Gasteiger partial charge in [0.15, 0.2) is 5.78 Å². The molecule has 3 heteroatoms. The van der Waals surface area contributed by atoms with Crippen LogP contribution in [0.5, 0.6) is 0 Å². The molecule has 0 bridgehead atoms. The number of para-hydroxylation sites is 1. The Kier molecular flexibility index (Phi) is 3.49. The second-order valence-corrected chi connectivity index (χ2v) is 3.88. The highest BCUT2D eigenvalue weighted by Gasteiger charge is 2.19. The normalized spacial score (nSPS) is 12.6. The van der Waals surface area contributed by atoms with Crippen molar-refractivity contribution < 1.29 is 9.53 Å². The van der Waals surface area contributed by atoms with Gasteiger partial charge >= 0.3 is 0 Å². The van der Waals surface area contributed by atoms with Crippen LogP contribution in [0.15, 0.2) is 36.5 Å². The van der Waals surface area contributed by atoms with Crippen molar-refractivity contribution >= 4 is 16.7 Å². The predicted molar refractivity (Wildman–Crippen MR) is 67.2 cm³/mol. The van der Waals surface area contributed by atoms with Gasteiger partial charge in [0.25, 0.3) is 0 Å². The zero-order chi connectivity index (χ0) is 12.3. The quantitative estimate of drug-likeness (QED) is 0.757. The lowest BCUT2D eigenvalue weighted by Crippen LogP contribution is -2.22. The van der Waals surface area contributed by atoms with E-state index < -0.39 is 0 Å². The molecular weight excluding hydrogens is 214 g/mol. The van der Waals surface area contributed by atoms with Crippen molar-refractivity contribution in [1.82, 2.24) is 4.98 Å². The Bertz CT molecular complexity index is 527. The van der Waals surface area contributed by atoms with Crippen LogP contribution in [0, 0.1) is 0 Å². The molecule has 0 aliphatic carbocycles. The highest BCUT2D eigenvalue weighted by atomic mass is 16.5. The monoisotopic (exact) mass is 229 g/mol. The van der Waals surface area contributed by atoms with E-state index in [2.05, 4.69) is 4.98 Å². The molecule has 0 saturated carbocycles. The fourth-order valence-corrected chi connectivity index (χ4v) is 1.94. The summed E-state index contributed by atoms with van der Waals surface area (Å²) in [6.45, 7) is 1.94. The lowest BCUT2D eigenvalue weighted by atomic mass is 10.0. The highest BCUT2D eigenvalue weighted by molar-refractivity contribution is 6.08.